The summed E-state index contributed by atoms with van der Waals surface area (Å²) in [6.45, 7) is 2.52. The van der Waals surface area contributed by atoms with Crippen LogP contribution in [-0.4, -0.2) is 22.4 Å². The van der Waals surface area contributed by atoms with Crippen LogP contribution in [0.3, 0.4) is 0 Å². The van der Waals surface area contributed by atoms with E-state index in [1.165, 1.54) is 12.8 Å². The van der Waals surface area contributed by atoms with Crippen LogP contribution in [-0.2, 0) is 6.54 Å². The number of nitrogens with one attached hydrogen (secondary N) is 1. The lowest BCUT2D eigenvalue weighted by Crippen LogP contribution is -2.38. The van der Waals surface area contributed by atoms with Gasteiger partial charge in [0.25, 0.3) is 0 Å². The number of aliphatic hydroxyl groups excluding tert-OH is 1. The lowest BCUT2D eigenvalue weighted by molar-refractivity contribution is 0.119. The molecule has 0 radical (unpaired) electrons. The molecular formula is C15H23NO2. The first-order valence-electron chi connectivity index (χ1n) is 6.87. The summed E-state index contributed by atoms with van der Waals surface area (Å²) in [6, 6.07) is 5.94. The Morgan fingerprint density at radius 3 is 2.83 bits per heavy atom. The Morgan fingerprint density at radius 1 is 1.22 bits per heavy atom. The summed E-state index contributed by atoms with van der Waals surface area (Å²) in [6.07, 6.45) is 5.17. The molecule has 2 unspecified atom stereocenters. The van der Waals surface area contributed by atoms with E-state index >= 15 is 0 Å². The fraction of sp³-hybridized carbons (Fsp3) is 0.600. The van der Waals surface area contributed by atoms with Gasteiger partial charge in [0.15, 0.2) is 0 Å². The number of para-hydroxylation sites is 1. The molecule has 1 aromatic carbocycles. The van der Waals surface area contributed by atoms with Gasteiger partial charge < -0.3 is 15.5 Å². The average molecular weight is 249 g/mol. The van der Waals surface area contributed by atoms with E-state index in [-0.39, 0.29) is 12.1 Å². The Kier molecular flexibility index (Phi) is 4.61. The smallest absolute Gasteiger partial charge is 0.122 e. The Bertz CT molecular complexity index is 392. The third kappa shape index (κ3) is 3.24. The van der Waals surface area contributed by atoms with Crippen molar-refractivity contribution in [1.29, 1.82) is 0 Å². The first-order valence-corrected chi connectivity index (χ1v) is 6.87. The van der Waals surface area contributed by atoms with Crippen molar-refractivity contribution in [2.45, 2.75) is 57.7 Å². The normalized spacial score (nSPS) is 24.8. The predicted molar refractivity (Wildman–Crippen MR) is 72.6 cm³/mol. The van der Waals surface area contributed by atoms with Crippen LogP contribution < -0.4 is 5.32 Å². The number of hydrogen-bond donors (Lipinski definition) is 3. The molecule has 3 nitrogen and oxygen atoms in total. The Morgan fingerprint density at radius 2 is 2.00 bits per heavy atom. The highest BCUT2D eigenvalue weighted by Crippen LogP contribution is 2.23. The molecule has 3 heteroatoms. The van der Waals surface area contributed by atoms with Gasteiger partial charge in [-0.1, -0.05) is 37.5 Å². The molecule has 1 saturated carbocycles. The zero-order valence-corrected chi connectivity index (χ0v) is 11.0. The standard InChI is InChI=1S/C15H23NO2/c1-11-6-5-7-12(15(11)18)10-16-13-8-3-2-4-9-14(13)17/h5-7,13-14,16-18H,2-4,8-10H2,1H3. The molecular weight excluding hydrogens is 226 g/mol. The van der Waals surface area contributed by atoms with Crippen molar-refractivity contribution in [1.82, 2.24) is 5.32 Å². The monoisotopic (exact) mass is 249 g/mol. The van der Waals surface area contributed by atoms with Gasteiger partial charge in [0.05, 0.1) is 6.10 Å². The molecule has 1 fully saturated rings. The maximum Gasteiger partial charge on any atom is 0.122 e. The van der Waals surface area contributed by atoms with Crippen molar-refractivity contribution in [2.24, 2.45) is 0 Å². The van der Waals surface area contributed by atoms with Gasteiger partial charge in [0.2, 0.25) is 0 Å². The van der Waals surface area contributed by atoms with Gasteiger partial charge in [-0.05, 0) is 25.3 Å². The van der Waals surface area contributed by atoms with Crippen molar-refractivity contribution in [3.8, 4) is 5.75 Å². The van der Waals surface area contributed by atoms with Gasteiger partial charge in [-0.2, -0.15) is 0 Å². The molecule has 1 aliphatic carbocycles. The van der Waals surface area contributed by atoms with Gasteiger partial charge in [-0.25, -0.2) is 0 Å². The molecule has 0 bridgehead atoms. The molecule has 100 valence electrons. The summed E-state index contributed by atoms with van der Waals surface area (Å²) in [5.74, 6) is 0.369. The number of hydrogen-bond acceptors (Lipinski definition) is 3. The molecule has 0 heterocycles. The van der Waals surface area contributed by atoms with Crippen molar-refractivity contribution < 1.29 is 10.2 Å². The Labute approximate surface area is 109 Å². The van der Waals surface area contributed by atoms with E-state index in [4.69, 9.17) is 0 Å². The Balaban J connectivity index is 1.95. The van der Waals surface area contributed by atoms with Crippen LogP contribution in [0.2, 0.25) is 0 Å². The van der Waals surface area contributed by atoms with Crippen LogP contribution in [0.1, 0.15) is 43.2 Å². The van der Waals surface area contributed by atoms with Gasteiger partial charge in [-0.3, -0.25) is 0 Å². The van der Waals surface area contributed by atoms with Crippen LogP contribution in [0, 0.1) is 6.92 Å². The van der Waals surface area contributed by atoms with E-state index in [9.17, 15) is 10.2 Å². The molecule has 2 rings (SSSR count). The quantitative estimate of drug-likeness (QED) is 0.721. The highest BCUT2D eigenvalue weighted by atomic mass is 16.3. The molecule has 3 N–H and O–H groups in total. The SMILES string of the molecule is Cc1cccc(CNC2CCCCCC2O)c1O. The highest BCUT2D eigenvalue weighted by Gasteiger charge is 2.21. The van der Waals surface area contributed by atoms with Crippen molar-refractivity contribution in [3.63, 3.8) is 0 Å². The maximum absolute atomic E-state index is 10.0. The zero-order valence-electron chi connectivity index (χ0n) is 11.0. The minimum Gasteiger partial charge on any atom is -0.507 e. The summed E-state index contributed by atoms with van der Waals surface area (Å²) >= 11 is 0. The second kappa shape index (κ2) is 6.21. The minimum absolute atomic E-state index is 0.160. The number of aliphatic hydroxyl groups is 1. The van der Waals surface area contributed by atoms with Crippen LogP contribution in [0.15, 0.2) is 18.2 Å². The van der Waals surface area contributed by atoms with E-state index in [0.29, 0.717) is 12.3 Å². The van der Waals surface area contributed by atoms with Crippen LogP contribution in [0.25, 0.3) is 0 Å². The molecule has 0 saturated heterocycles. The summed E-state index contributed by atoms with van der Waals surface area (Å²) < 4.78 is 0. The summed E-state index contributed by atoms with van der Waals surface area (Å²) in [4.78, 5) is 0. The Hall–Kier alpha value is -1.06. The van der Waals surface area contributed by atoms with E-state index in [1.807, 2.05) is 25.1 Å². The topological polar surface area (TPSA) is 52.5 Å². The van der Waals surface area contributed by atoms with Crippen LogP contribution in [0.5, 0.6) is 5.75 Å². The lowest BCUT2D eigenvalue weighted by atomic mass is 10.0. The second-order valence-electron chi connectivity index (χ2n) is 5.28. The number of benzene rings is 1. The van der Waals surface area contributed by atoms with Crippen molar-refractivity contribution in [2.75, 3.05) is 0 Å². The van der Waals surface area contributed by atoms with Gasteiger partial charge in [-0.15, -0.1) is 0 Å². The number of phenols is 1. The number of rotatable bonds is 3. The highest BCUT2D eigenvalue weighted by molar-refractivity contribution is 5.39. The largest absolute Gasteiger partial charge is 0.507 e. The number of aryl methyl sites for hydroxylation is 1. The molecule has 18 heavy (non-hydrogen) atoms. The van der Waals surface area contributed by atoms with Crippen molar-refractivity contribution >= 4 is 0 Å². The van der Waals surface area contributed by atoms with Crippen LogP contribution >= 0.6 is 0 Å². The zero-order chi connectivity index (χ0) is 13.0. The first kappa shape index (κ1) is 13.4. The maximum atomic E-state index is 10.0. The molecule has 1 aliphatic rings. The van der Waals surface area contributed by atoms with Gasteiger partial charge in [0, 0.05) is 18.2 Å². The molecule has 0 aromatic heterocycles. The number of phenolic OH excluding ortho intramolecular Hbond substituents is 1. The van der Waals surface area contributed by atoms with E-state index in [0.717, 1.165) is 30.4 Å². The van der Waals surface area contributed by atoms with Crippen LogP contribution in [0.4, 0.5) is 0 Å². The second-order valence-corrected chi connectivity index (χ2v) is 5.28. The predicted octanol–water partition coefficient (Wildman–Crippen LogP) is 2.48. The molecule has 1 aromatic rings. The van der Waals surface area contributed by atoms with E-state index in [1.54, 1.807) is 0 Å². The minimum atomic E-state index is -0.251. The first-order chi connectivity index (χ1) is 8.68. The molecule has 2 atom stereocenters. The molecule has 0 aliphatic heterocycles. The molecule has 0 spiro atoms. The lowest BCUT2D eigenvalue weighted by Gasteiger charge is -2.22. The summed E-state index contributed by atoms with van der Waals surface area (Å²) in [5, 5.41) is 23.4. The van der Waals surface area contributed by atoms with Gasteiger partial charge >= 0.3 is 0 Å². The third-order valence-electron chi connectivity index (χ3n) is 3.86. The fourth-order valence-electron chi connectivity index (χ4n) is 2.63. The van der Waals surface area contributed by atoms with Gasteiger partial charge in [0.1, 0.15) is 5.75 Å². The van der Waals surface area contributed by atoms with E-state index in [2.05, 4.69) is 5.32 Å². The third-order valence-corrected chi connectivity index (χ3v) is 3.86. The van der Waals surface area contributed by atoms with Crippen molar-refractivity contribution in [3.05, 3.63) is 29.3 Å². The molecule has 0 amide bonds. The van der Waals surface area contributed by atoms with E-state index < -0.39 is 0 Å². The fourth-order valence-corrected chi connectivity index (χ4v) is 2.63. The summed E-state index contributed by atoms with van der Waals surface area (Å²) in [7, 11) is 0. The average Bonchev–Trinajstić information content (AvgIpc) is 2.56. The number of aromatic hydroxyl groups is 1. The summed E-state index contributed by atoms with van der Waals surface area (Å²) in [5.41, 5.74) is 1.81.